The predicted molar refractivity (Wildman–Crippen MR) is 108 cm³/mol. The summed E-state index contributed by atoms with van der Waals surface area (Å²) in [6.07, 6.45) is 4.29. The molecule has 1 saturated heterocycles. The van der Waals surface area contributed by atoms with Crippen LogP contribution >= 0.6 is 0 Å². The lowest BCUT2D eigenvalue weighted by atomic mass is 9.99. The van der Waals surface area contributed by atoms with Crippen molar-refractivity contribution in [2.24, 2.45) is 0 Å². The van der Waals surface area contributed by atoms with Crippen molar-refractivity contribution in [2.75, 3.05) is 32.0 Å². The summed E-state index contributed by atoms with van der Waals surface area (Å²) in [6, 6.07) is 5.11. The second-order valence-electron chi connectivity index (χ2n) is 7.59. The van der Waals surface area contributed by atoms with Crippen molar-refractivity contribution in [2.45, 2.75) is 44.9 Å². The number of carbonyl (C=O) groups excluding carboxylic acids is 4. The maximum atomic E-state index is 13.1. The van der Waals surface area contributed by atoms with Crippen LogP contribution in [0.2, 0.25) is 0 Å². The van der Waals surface area contributed by atoms with Gasteiger partial charge in [0.05, 0.1) is 5.92 Å². The van der Waals surface area contributed by atoms with E-state index >= 15 is 0 Å². The van der Waals surface area contributed by atoms with Crippen molar-refractivity contribution in [3.05, 3.63) is 29.3 Å². The minimum absolute atomic E-state index is 0.170. The average Bonchev–Trinajstić information content (AvgIpc) is 3.14. The van der Waals surface area contributed by atoms with Crippen LogP contribution < -0.4 is 10.6 Å². The Bertz CT molecular complexity index is 817. The van der Waals surface area contributed by atoms with Gasteiger partial charge in [0.25, 0.3) is 0 Å². The molecule has 1 unspecified atom stereocenters. The van der Waals surface area contributed by atoms with E-state index in [0.717, 1.165) is 35.3 Å². The van der Waals surface area contributed by atoms with E-state index < -0.39 is 11.8 Å². The fraction of sp³-hybridized carbons (Fsp3) is 0.524. The number of piperidine rings is 1. The first kappa shape index (κ1) is 20.8. The van der Waals surface area contributed by atoms with Crippen LogP contribution in [-0.2, 0) is 20.8 Å². The fourth-order valence-electron chi connectivity index (χ4n) is 4.06. The Balaban J connectivity index is 1.72. The number of hydrogen-bond acceptors (Lipinski definition) is 4. The van der Waals surface area contributed by atoms with Crippen LogP contribution in [0.5, 0.6) is 0 Å². The van der Waals surface area contributed by atoms with E-state index in [1.807, 2.05) is 12.1 Å². The van der Waals surface area contributed by atoms with Gasteiger partial charge < -0.3 is 15.5 Å². The molecule has 156 valence electrons. The molecule has 0 radical (unpaired) electrons. The van der Waals surface area contributed by atoms with Crippen LogP contribution in [0.3, 0.4) is 0 Å². The topological polar surface area (TPSA) is 98.8 Å². The first-order chi connectivity index (χ1) is 13.9. The van der Waals surface area contributed by atoms with Gasteiger partial charge in [-0.1, -0.05) is 6.07 Å². The summed E-state index contributed by atoms with van der Waals surface area (Å²) in [5, 5.41) is 5.22. The van der Waals surface area contributed by atoms with Crippen LogP contribution in [0, 0.1) is 0 Å². The summed E-state index contributed by atoms with van der Waals surface area (Å²) in [5.74, 6) is -1.35. The first-order valence-corrected chi connectivity index (χ1v) is 10.1. The lowest BCUT2D eigenvalue weighted by Gasteiger charge is -2.30. The van der Waals surface area contributed by atoms with Gasteiger partial charge in [0, 0.05) is 32.7 Å². The summed E-state index contributed by atoms with van der Waals surface area (Å²) in [4.78, 5) is 52.2. The van der Waals surface area contributed by atoms with Gasteiger partial charge >= 0.3 is 6.03 Å². The Morgan fingerprint density at radius 2 is 1.86 bits per heavy atom. The number of amides is 5. The standard InChI is InChI=1S/C21H28N4O4/c1-14(26)25(13-19(27)24-10-4-3-5-11-24)20(28)18-8-6-15-12-16(7-9-17(15)18)23-21(29)22-2/h7,9,12,18H,3-6,8,10-11,13H2,1-2H3,(H2,22,23,29). The van der Waals surface area contributed by atoms with E-state index in [9.17, 15) is 19.2 Å². The maximum absolute atomic E-state index is 13.1. The zero-order chi connectivity index (χ0) is 21.0. The highest BCUT2D eigenvalue weighted by atomic mass is 16.2. The minimum Gasteiger partial charge on any atom is -0.341 e. The molecule has 0 aromatic heterocycles. The molecule has 1 aliphatic carbocycles. The number of aryl methyl sites for hydroxylation is 1. The van der Waals surface area contributed by atoms with Crippen molar-refractivity contribution in [3.63, 3.8) is 0 Å². The molecule has 1 fully saturated rings. The summed E-state index contributed by atoms with van der Waals surface area (Å²) in [5.41, 5.74) is 2.48. The van der Waals surface area contributed by atoms with Crippen molar-refractivity contribution in [3.8, 4) is 0 Å². The number of hydrogen-bond donors (Lipinski definition) is 2. The van der Waals surface area contributed by atoms with Crippen LogP contribution in [0.4, 0.5) is 10.5 Å². The Labute approximate surface area is 170 Å². The van der Waals surface area contributed by atoms with Gasteiger partial charge in [-0.05, 0) is 55.4 Å². The molecule has 1 heterocycles. The van der Waals surface area contributed by atoms with Crippen molar-refractivity contribution in [1.29, 1.82) is 0 Å². The summed E-state index contributed by atoms with van der Waals surface area (Å²) < 4.78 is 0. The number of likely N-dealkylation sites (tertiary alicyclic amines) is 1. The van der Waals surface area contributed by atoms with Crippen LogP contribution in [0.15, 0.2) is 18.2 Å². The molecule has 2 N–H and O–H groups in total. The molecule has 5 amide bonds. The number of urea groups is 1. The summed E-state index contributed by atoms with van der Waals surface area (Å²) >= 11 is 0. The minimum atomic E-state index is -0.447. The van der Waals surface area contributed by atoms with Gasteiger partial charge in [0.2, 0.25) is 17.7 Å². The number of benzene rings is 1. The second kappa shape index (κ2) is 9.07. The van der Waals surface area contributed by atoms with Crippen LogP contribution in [0.25, 0.3) is 0 Å². The predicted octanol–water partition coefficient (Wildman–Crippen LogP) is 1.86. The molecule has 1 aliphatic heterocycles. The molecule has 0 saturated carbocycles. The first-order valence-electron chi connectivity index (χ1n) is 10.1. The van der Waals surface area contributed by atoms with Crippen LogP contribution in [0.1, 0.15) is 49.7 Å². The van der Waals surface area contributed by atoms with E-state index in [2.05, 4.69) is 10.6 Å². The smallest absolute Gasteiger partial charge is 0.318 e. The molecular formula is C21H28N4O4. The summed E-state index contributed by atoms with van der Waals surface area (Å²) in [6.45, 7) is 2.50. The van der Waals surface area contributed by atoms with Gasteiger partial charge in [-0.15, -0.1) is 0 Å². The van der Waals surface area contributed by atoms with Crippen molar-refractivity contribution < 1.29 is 19.2 Å². The summed E-state index contributed by atoms with van der Waals surface area (Å²) in [7, 11) is 1.54. The maximum Gasteiger partial charge on any atom is 0.318 e. The van der Waals surface area contributed by atoms with E-state index in [1.165, 1.54) is 6.92 Å². The number of nitrogens with zero attached hydrogens (tertiary/aromatic N) is 2. The number of fused-ring (bicyclic) bond motifs is 1. The molecular weight excluding hydrogens is 372 g/mol. The van der Waals surface area contributed by atoms with Gasteiger partial charge in [-0.3, -0.25) is 19.3 Å². The molecule has 0 bridgehead atoms. The third kappa shape index (κ3) is 4.75. The Morgan fingerprint density at radius 3 is 2.52 bits per heavy atom. The molecule has 2 aliphatic rings. The quantitative estimate of drug-likeness (QED) is 0.806. The van der Waals surface area contributed by atoms with Crippen molar-refractivity contribution >= 4 is 29.4 Å². The molecule has 1 aromatic rings. The van der Waals surface area contributed by atoms with Gasteiger partial charge in [0.1, 0.15) is 6.54 Å². The molecule has 0 spiro atoms. The molecule has 3 rings (SSSR count). The lowest BCUT2D eigenvalue weighted by molar-refractivity contribution is -0.150. The third-order valence-electron chi connectivity index (χ3n) is 5.65. The third-order valence-corrected chi connectivity index (χ3v) is 5.65. The number of carbonyl (C=O) groups is 4. The highest BCUT2D eigenvalue weighted by Crippen LogP contribution is 2.36. The number of anilines is 1. The molecule has 1 aromatic carbocycles. The van der Waals surface area contributed by atoms with E-state index in [0.29, 0.717) is 31.6 Å². The van der Waals surface area contributed by atoms with E-state index in [4.69, 9.17) is 0 Å². The normalized spacial score (nSPS) is 18.0. The lowest BCUT2D eigenvalue weighted by Crippen LogP contribution is -2.47. The van der Waals surface area contributed by atoms with Gasteiger partial charge in [0.15, 0.2) is 0 Å². The van der Waals surface area contributed by atoms with E-state index in [-0.39, 0.29) is 24.4 Å². The number of imide groups is 1. The van der Waals surface area contributed by atoms with Gasteiger partial charge in [-0.2, -0.15) is 0 Å². The number of rotatable bonds is 4. The largest absolute Gasteiger partial charge is 0.341 e. The SMILES string of the molecule is CNC(=O)Nc1ccc2c(c1)CCC2C(=O)N(CC(=O)N1CCCCC1)C(C)=O. The second-order valence-corrected chi connectivity index (χ2v) is 7.59. The molecule has 1 atom stereocenters. The average molecular weight is 400 g/mol. The molecule has 8 nitrogen and oxygen atoms in total. The highest BCUT2D eigenvalue weighted by Gasteiger charge is 2.35. The highest BCUT2D eigenvalue weighted by molar-refractivity contribution is 6.01. The van der Waals surface area contributed by atoms with E-state index in [1.54, 1.807) is 18.0 Å². The number of nitrogens with one attached hydrogen (secondary N) is 2. The Morgan fingerprint density at radius 1 is 1.14 bits per heavy atom. The monoisotopic (exact) mass is 400 g/mol. The molecule has 8 heteroatoms. The zero-order valence-corrected chi connectivity index (χ0v) is 17.0. The fourth-order valence-corrected chi connectivity index (χ4v) is 4.06. The Hall–Kier alpha value is -2.90. The Kier molecular flexibility index (Phi) is 6.51. The van der Waals surface area contributed by atoms with Gasteiger partial charge in [-0.25, -0.2) is 4.79 Å². The molecule has 29 heavy (non-hydrogen) atoms. The zero-order valence-electron chi connectivity index (χ0n) is 17.0. The van der Waals surface area contributed by atoms with Crippen LogP contribution in [-0.4, -0.2) is 60.2 Å². The van der Waals surface area contributed by atoms with Crippen molar-refractivity contribution in [1.82, 2.24) is 15.1 Å².